The van der Waals surface area contributed by atoms with Crippen molar-refractivity contribution in [1.29, 1.82) is 0 Å². The lowest BCUT2D eigenvalue weighted by atomic mass is 9.94. The fourth-order valence-electron chi connectivity index (χ4n) is 3.93. The lowest BCUT2D eigenvalue weighted by Crippen LogP contribution is -2.33. The van der Waals surface area contributed by atoms with E-state index in [0.29, 0.717) is 40.8 Å². The highest BCUT2D eigenvalue weighted by atomic mass is 35.5. The number of rotatable bonds is 8. The number of imidazole rings is 1. The van der Waals surface area contributed by atoms with Crippen LogP contribution in [-0.2, 0) is 13.1 Å². The summed E-state index contributed by atoms with van der Waals surface area (Å²) < 4.78 is 7.51. The zero-order valence-electron chi connectivity index (χ0n) is 17.1. The molecule has 1 aromatic carbocycles. The Kier molecular flexibility index (Phi) is 9.22. The number of hydrogen-bond donors (Lipinski definition) is 0. The Labute approximate surface area is 192 Å². The van der Waals surface area contributed by atoms with E-state index in [4.69, 9.17) is 27.9 Å². The summed E-state index contributed by atoms with van der Waals surface area (Å²) in [6, 6.07) is 4.09. The van der Waals surface area contributed by atoms with E-state index in [-0.39, 0.29) is 24.8 Å². The molecule has 0 N–H and O–H groups in total. The normalized spacial score (nSPS) is 14.6. The second-order valence-corrected chi connectivity index (χ2v) is 8.35. The average molecular weight is 478 g/mol. The second kappa shape index (κ2) is 11.2. The topological polar surface area (TPSA) is 73.4 Å². The molecule has 10 heteroatoms. The number of benzene rings is 1. The van der Waals surface area contributed by atoms with Crippen LogP contribution in [0.3, 0.4) is 0 Å². The van der Waals surface area contributed by atoms with E-state index in [1.165, 1.54) is 42.9 Å². The molecule has 7 nitrogen and oxygen atoms in total. The molecule has 1 saturated carbocycles. The minimum atomic E-state index is -0.445. The fraction of sp³-hybridized carbons (Fsp3) is 0.550. The zero-order chi connectivity index (χ0) is 21.0. The van der Waals surface area contributed by atoms with Crippen LogP contribution in [0.25, 0.3) is 0 Å². The van der Waals surface area contributed by atoms with Crippen molar-refractivity contribution in [2.24, 2.45) is 0 Å². The summed E-state index contributed by atoms with van der Waals surface area (Å²) in [6.45, 7) is 2.95. The fourth-order valence-corrected chi connectivity index (χ4v) is 4.52. The third kappa shape index (κ3) is 6.00. The van der Waals surface area contributed by atoms with Crippen molar-refractivity contribution in [1.82, 2.24) is 14.5 Å². The maximum Gasteiger partial charge on any atom is 0.342 e. The number of hydrogen-bond acceptors (Lipinski definition) is 5. The minimum Gasteiger partial charge on any atom is -0.488 e. The van der Waals surface area contributed by atoms with Gasteiger partial charge in [0.2, 0.25) is 0 Å². The number of aromatic nitrogens is 2. The molecule has 1 fully saturated rings. The van der Waals surface area contributed by atoms with Crippen LogP contribution < -0.4 is 4.74 Å². The van der Waals surface area contributed by atoms with E-state index in [1.807, 2.05) is 6.07 Å². The Bertz CT molecular complexity index is 869. The maximum atomic E-state index is 11.1. The van der Waals surface area contributed by atoms with Crippen molar-refractivity contribution in [2.45, 2.75) is 58.2 Å². The van der Waals surface area contributed by atoms with Crippen LogP contribution in [0.2, 0.25) is 10.0 Å². The predicted molar refractivity (Wildman–Crippen MR) is 121 cm³/mol. The van der Waals surface area contributed by atoms with Crippen LogP contribution in [0.15, 0.2) is 18.3 Å². The van der Waals surface area contributed by atoms with E-state index in [1.54, 1.807) is 13.0 Å². The van der Waals surface area contributed by atoms with Gasteiger partial charge in [0.05, 0.1) is 5.02 Å². The molecule has 0 atom stereocenters. The van der Waals surface area contributed by atoms with Gasteiger partial charge < -0.3 is 14.9 Å². The van der Waals surface area contributed by atoms with Gasteiger partial charge in [-0.25, -0.2) is 9.55 Å². The molecule has 1 heterocycles. The molecule has 0 aliphatic heterocycles. The summed E-state index contributed by atoms with van der Waals surface area (Å²) >= 11 is 12.7. The van der Waals surface area contributed by atoms with Crippen LogP contribution in [0.4, 0.5) is 5.82 Å². The highest BCUT2D eigenvalue weighted by Gasteiger charge is 2.21. The van der Waals surface area contributed by atoms with Crippen LogP contribution in [0.5, 0.6) is 5.75 Å². The quantitative estimate of drug-likeness (QED) is 0.362. The lowest BCUT2D eigenvalue weighted by Gasteiger charge is -2.31. The van der Waals surface area contributed by atoms with Gasteiger partial charge in [0.1, 0.15) is 25.1 Å². The van der Waals surface area contributed by atoms with Crippen molar-refractivity contribution in [3.8, 4) is 5.75 Å². The molecule has 1 aliphatic rings. The number of ether oxygens (including phenoxy) is 1. The smallest absolute Gasteiger partial charge is 0.342 e. The van der Waals surface area contributed by atoms with Gasteiger partial charge in [0.15, 0.2) is 5.82 Å². The molecule has 166 valence electrons. The first-order chi connectivity index (χ1) is 13.9. The Morgan fingerprint density at radius 3 is 2.67 bits per heavy atom. The van der Waals surface area contributed by atoms with E-state index in [0.717, 1.165) is 5.56 Å². The molecular weight excluding hydrogens is 451 g/mol. The van der Waals surface area contributed by atoms with Crippen molar-refractivity contribution >= 4 is 41.4 Å². The summed E-state index contributed by atoms with van der Waals surface area (Å²) in [4.78, 5) is 17.1. The molecule has 2 aromatic rings. The Hall–Kier alpha value is -1.54. The molecule has 0 spiro atoms. The van der Waals surface area contributed by atoms with Gasteiger partial charge in [-0.3, -0.25) is 4.90 Å². The van der Waals surface area contributed by atoms with Crippen LogP contribution in [-0.4, -0.2) is 39.1 Å². The number of aryl methyl sites for hydroxylation is 1. The molecule has 0 radical (unpaired) electrons. The maximum absolute atomic E-state index is 11.1. The highest BCUT2D eigenvalue weighted by Crippen LogP contribution is 2.34. The molecule has 0 unspecified atom stereocenters. The monoisotopic (exact) mass is 476 g/mol. The van der Waals surface area contributed by atoms with Gasteiger partial charge in [0, 0.05) is 30.1 Å². The summed E-state index contributed by atoms with van der Waals surface area (Å²) in [5, 5.41) is 12.2. The molecule has 30 heavy (non-hydrogen) atoms. The minimum absolute atomic E-state index is 0. The van der Waals surface area contributed by atoms with Crippen LogP contribution in [0, 0.1) is 17.0 Å². The number of nitro groups is 1. The molecule has 1 aliphatic carbocycles. The van der Waals surface area contributed by atoms with Crippen LogP contribution >= 0.6 is 35.6 Å². The summed E-state index contributed by atoms with van der Waals surface area (Å²) in [5.41, 5.74) is 0.924. The molecule has 0 bridgehead atoms. The molecular formula is C20H27Cl3N4O3. The molecule has 3 rings (SSSR count). The SMILES string of the molecule is Cc1ncc([N+](=O)[O-])n1CCOc1c(Cl)cc(Cl)cc1CN(C)C1CCCCC1.Cl. The van der Waals surface area contributed by atoms with Crippen LogP contribution in [0.1, 0.15) is 43.5 Å². The van der Waals surface area contributed by atoms with Gasteiger partial charge in [-0.05, 0) is 36.9 Å². The summed E-state index contributed by atoms with van der Waals surface area (Å²) in [5.74, 6) is 1.10. The Balaban J connectivity index is 0.00000320. The van der Waals surface area contributed by atoms with Gasteiger partial charge >= 0.3 is 5.82 Å². The highest BCUT2D eigenvalue weighted by molar-refractivity contribution is 6.35. The first kappa shape index (κ1) is 24.7. The molecule has 1 aromatic heterocycles. The van der Waals surface area contributed by atoms with E-state index < -0.39 is 4.92 Å². The van der Waals surface area contributed by atoms with Gasteiger partial charge in [0.25, 0.3) is 0 Å². The van der Waals surface area contributed by atoms with E-state index in [9.17, 15) is 10.1 Å². The van der Waals surface area contributed by atoms with Gasteiger partial charge in [-0.15, -0.1) is 12.4 Å². The Morgan fingerprint density at radius 1 is 1.30 bits per heavy atom. The van der Waals surface area contributed by atoms with Crippen molar-refractivity contribution < 1.29 is 9.66 Å². The summed E-state index contributed by atoms with van der Waals surface area (Å²) in [7, 11) is 2.12. The predicted octanol–water partition coefficient (Wildman–Crippen LogP) is 5.67. The first-order valence-electron chi connectivity index (χ1n) is 9.84. The average Bonchev–Trinajstić information content (AvgIpc) is 3.05. The Morgan fingerprint density at radius 2 is 2.00 bits per heavy atom. The third-order valence-electron chi connectivity index (χ3n) is 5.49. The van der Waals surface area contributed by atoms with Crippen molar-refractivity contribution in [2.75, 3.05) is 13.7 Å². The van der Waals surface area contributed by atoms with Crippen molar-refractivity contribution in [3.63, 3.8) is 0 Å². The van der Waals surface area contributed by atoms with Crippen molar-refractivity contribution in [3.05, 3.63) is 49.9 Å². The zero-order valence-corrected chi connectivity index (χ0v) is 19.5. The summed E-state index contributed by atoms with van der Waals surface area (Å²) in [6.07, 6.45) is 7.49. The molecule has 0 saturated heterocycles. The number of nitrogens with zero attached hydrogens (tertiary/aromatic N) is 4. The van der Waals surface area contributed by atoms with Gasteiger partial charge in [-0.1, -0.05) is 42.5 Å². The largest absolute Gasteiger partial charge is 0.488 e. The molecule has 0 amide bonds. The van der Waals surface area contributed by atoms with Gasteiger partial charge in [-0.2, -0.15) is 0 Å². The first-order valence-corrected chi connectivity index (χ1v) is 10.6. The number of halogens is 3. The van der Waals surface area contributed by atoms with E-state index in [2.05, 4.69) is 16.9 Å². The third-order valence-corrected chi connectivity index (χ3v) is 5.98. The second-order valence-electron chi connectivity index (χ2n) is 7.50. The van der Waals surface area contributed by atoms with E-state index >= 15 is 0 Å². The standard InChI is InChI=1S/C20H26Cl2N4O3.ClH/c1-14-23-12-19(26(27)28)25(14)8-9-29-20-15(10-16(21)11-18(20)22)13-24(2)17-6-4-3-5-7-17;/h10-12,17H,3-9,13H2,1-2H3;1H. The lowest BCUT2D eigenvalue weighted by molar-refractivity contribution is -0.392.